The fraction of sp³-hybridized carbons (Fsp3) is 0.583. The van der Waals surface area contributed by atoms with E-state index in [1.807, 2.05) is 13.0 Å². The highest BCUT2D eigenvalue weighted by Crippen LogP contribution is 1.98. The molecule has 1 aromatic rings. The second-order valence-corrected chi connectivity index (χ2v) is 5.77. The molecule has 2 unspecified atom stereocenters. The van der Waals surface area contributed by atoms with Gasteiger partial charge in [0.15, 0.2) is 0 Å². The van der Waals surface area contributed by atoms with Crippen LogP contribution in [0.25, 0.3) is 0 Å². The number of furan rings is 1. The van der Waals surface area contributed by atoms with Gasteiger partial charge in [-0.15, -0.1) is 0 Å². The standard InChI is InChI=1S/C12H20N2O3S/c1-3-18(16)8-6-13-10(2)12(15)14-9-11-5-4-7-17-11/h4-5,7,10,13H,3,6,8-9H2,1-2H3,(H,14,15). The molecule has 0 bridgehead atoms. The second-order valence-electron chi connectivity index (χ2n) is 3.91. The van der Waals surface area contributed by atoms with Gasteiger partial charge in [-0.05, 0) is 19.1 Å². The van der Waals surface area contributed by atoms with Crippen molar-refractivity contribution in [1.82, 2.24) is 10.6 Å². The number of rotatable bonds is 8. The first kappa shape index (κ1) is 14.9. The normalized spacial score (nSPS) is 14.1. The Balaban J connectivity index is 2.18. The molecular formula is C12H20N2O3S. The molecule has 0 aromatic carbocycles. The van der Waals surface area contributed by atoms with E-state index < -0.39 is 10.8 Å². The van der Waals surface area contributed by atoms with Gasteiger partial charge in [-0.1, -0.05) is 6.92 Å². The first-order valence-electron chi connectivity index (χ1n) is 6.02. The Bertz CT molecular complexity index is 379. The molecule has 18 heavy (non-hydrogen) atoms. The average Bonchev–Trinajstić information content (AvgIpc) is 2.88. The molecule has 1 rings (SSSR count). The van der Waals surface area contributed by atoms with Gasteiger partial charge >= 0.3 is 0 Å². The van der Waals surface area contributed by atoms with Crippen molar-refractivity contribution in [2.75, 3.05) is 18.1 Å². The van der Waals surface area contributed by atoms with Gasteiger partial charge in [0.05, 0.1) is 18.8 Å². The molecule has 5 nitrogen and oxygen atoms in total. The smallest absolute Gasteiger partial charge is 0.237 e. The summed E-state index contributed by atoms with van der Waals surface area (Å²) in [6, 6.07) is 3.29. The van der Waals surface area contributed by atoms with E-state index in [9.17, 15) is 9.00 Å². The van der Waals surface area contributed by atoms with Gasteiger partial charge in [-0.25, -0.2) is 0 Å². The van der Waals surface area contributed by atoms with Crippen LogP contribution in [0, 0.1) is 0 Å². The number of hydrogen-bond donors (Lipinski definition) is 2. The Kier molecular flexibility index (Phi) is 6.67. The third kappa shape index (κ3) is 5.46. The van der Waals surface area contributed by atoms with E-state index in [1.54, 1.807) is 19.3 Å². The van der Waals surface area contributed by atoms with Crippen LogP contribution in [-0.4, -0.2) is 34.2 Å². The van der Waals surface area contributed by atoms with Crippen LogP contribution in [0.1, 0.15) is 19.6 Å². The summed E-state index contributed by atoms with van der Waals surface area (Å²) < 4.78 is 16.3. The second kappa shape index (κ2) is 8.05. The van der Waals surface area contributed by atoms with Crippen molar-refractivity contribution in [2.45, 2.75) is 26.4 Å². The summed E-state index contributed by atoms with van der Waals surface area (Å²) in [5, 5.41) is 5.81. The van der Waals surface area contributed by atoms with E-state index in [2.05, 4.69) is 10.6 Å². The molecule has 1 heterocycles. The molecule has 2 N–H and O–H groups in total. The molecule has 1 aromatic heterocycles. The molecule has 2 atom stereocenters. The lowest BCUT2D eigenvalue weighted by Gasteiger charge is -2.13. The van der Waals surface area contributed by atoms with Gasteiger partial charge in [-0.2, -0.15) is 0 Å². The third-order valence-corrected chi connectivity index (χ3v) is 3.82. The van der Waals surface area contributed by atoms with E-state index in [-0.39, 0.29) is 11.9 Å². The summed E-state index contributed by atoms with van der Waals surface area (Å²) in [4.78, 5) is 11.7. The predicted octanol–water partition coefficient (Wildman–Crippen LogP) is 0.643. The van der Waals surface area contributed by atoms with E-state index in [4.69, 9.17) is 4.42 Å². The molecule has 0 aliphatic carbocycles. The van der Waals surface area contributed by atoms with Crippen LogP contribution >= 0.6 is 0 Å². The molecule has 0 aliphatic heterocycles. The molecule has 0 spiro atoms. The Morgan fingerprint density at radius 3 is 2.94 bits per heavy atom. The number of carbonyl (C=O) groups is 1. The highest BCUT2D eigenvalue weighted by atomic mass is 32.2. The zero-order valence-corrected chi connectivity index (χ0v) is 11.6. The highest BCUT2D eigenvalue weighted by Gasteiger charge is 2.12. The van der Waals surface area contributed by atoms with Gasteiger partial charge in [0, 0.05) is 28.9 Å². The highest BCUT2D eigenvalue weighted by molar-refractivity contribution is 7.84. The van der Waals surface area contributed by atoms with Crippen molar-refractivity contribution in [3.8, 4) is 0 Å². The van der Waals surface area contributed by atoms with Crippen molar-refractivity contribution < 1.29 is 13.4 Å². The molecule has 102 valence electrons. The maximum absolute atomic E-state index is 11.7. The van der Waals surface area contributed by atoms with Crippen LogP contribution in [0.3, 0.4) is 0 Å². The lowest BCUT2D eigenvalue weighted by atomic mass is 10.3. The number of nitrogens with one attached hydrogen (secondary N) is 2. The summed E-state index contributed by atoms with van der Waals surface area (Å²) in [6.45, 7) is 4.64. The molecule has 0 saturated heterocycles. The maximum atomic E-state index is 11.7. The monoisotopic (exact) mass is 272 g/mol. The Hall–Kier alpha value is -1.14. The van der Waals surface area contributed by atoms with Crippen LogP contribution in [0.15, 0.2) is 22.8 Å². The number of hydrogen-bond acceptors (Lipinski definition) is 4. The fourth-order valence-electron chi connectivity index (χ4n) is 1.37. The van der Waals surface area contributed by atoms with E-state index in [0.717, 1.165) is 5.76 Å². The molecule has 6 heteroatoms. The molecule has 0 radical (unpaired) electrons. The summed E-state index contributed by atoms with van der Waals surface area (Å²) in [7, 11) is -0.794. The van der Waals surface area contributed by atoms with Crippen molar-refractivity contribution in [1.29, 1.82) is 0 Å². The minimum atomic E-state index is -0.794. The fourth-order valence-corrected chi connectivity index (χ4v) is 2.00. The van der Waals surface area contributed by atoms with Crippen LogP contribution < -0.4 is 10.6 Å². The van der Waals surface area contributed by atoms with E-state index in [0.29, 0.717) is 24.6 Å². The predicted molar refractivity (Wildman–Crippen MR) is 71.6 cm³/mol. The van der Waals surface area contributed by atoms with Gasteiger partial charge < -0.3 is 15.1 Å². The van der Waals surface area contributed by atoms with Crippen LogP contribution in [-0.2, 0) is 22.1 Å². The van der Waals surface area contributed by atoms with E-state index in [1.165, 1.54) is 0 Å². The SMILES string of the molecule is CCS(=O)CCNC(C)C(=O)NCc1ccco1. The largest absolute Gasteiger partial charge is 0.467 e. The zero-order chi connectivity index (χ0) is 13.4. The first-order valence-corrected chi connectivity index (χ1v) is 7.50. The minimum absolute atomic E-state index is 0.0892. The van der Waals surface area contributed by atoms with E-state index >= 15 is 0 Å². The van der Waals surface area contributed by atoms with Crippen LogP contribution in [0.2, 0.25) is 0 Å². The molecular weight excluding hydrogens is 252 g/mol. The molecule has 1 amide bonds. The first-order chi connectivity index (χ1) is 8.63. The van der Waals surface area contributed by atoms with Gasteiger partial charge in [0.25, 0.3) is 0 Å². The summed E-state index contributed by atoms with van der Waals surface area (Å²) in [5.74, 6) is 1.86. The molecule has 0 fully saturated rings. The van der Waals surface area contributed by atoms with Crippen LogP contribution in [0.5, 0.6) is 0 Å². The Morgan fingerprint density at radius 1 is 1.56 bits per heavy atom. The zero-order valence-electron chi connectivity index (χ0n) is 10.8. The average molecular weight is 272 g/mol. The van der Waals surface area contributed by atoms with Crippen molar-refractivity contribution in [3.63, 3.8) is 0 Å². The Morgan fingerprint density at radius 2 is 2.33 bits per heavy atom. The Labute approximate surface area is 110 Å². The van der Waals surface area contributed by atoms with Crippen LogP contribution in [0.4, 0.5) is 0 Å². The van der Waals surface area contributed by atoms with Crippen molar-refractivity contribution in [2.24, 2.45) is 0 Å². The minimum Gasteiger partial charge on any atom is -0.467 e. The van der Waals surface area contributed by atoms with Gasteiger partial charge in [0.1, 0.15) is 5.76 Å². The number of carbonyl (C=O) groups excluding carboxylic acids is 1. The lowest BCUT2D eigenvalue weighted by molar-refractivity contribution is -0.122. The van der Waals surface area contributed by atoms with Gasteiger partial charge in [-0.3, -0.25) is 9.00 Å². The quantitative estimate of drug-likeness (QED) is 0.728. The lowest BCUT2D eigenvalue weighted by Crippen LogP contribution is -2.43. The summed E-state index contributed by atoms with van der Waals surface area (Å²) >= 11 is 0. The topological polar surface area (TPSA) is 71.3 Å². The molecule has 0 aliphatic rings. The molecule has 0 saturated carbocycles. The van der Waals surface area contributed by atoms with Crippen molar-refractivity contribution in [3.05, 3.63) is 24.2 Å². The number of amides is 1. The summed E-state index contributed by atoms with van der Waals surface area (Å²) in [5.41, 5.74) is 0. The summed E-state index contributed by atoms with van der Waals surface area (Å²) in [6.07, 6.45) is 1.57. The third-order valence-electron chi connectivity index (χ3n) is 2.51. The maximum Gasteiger partial charge on any atom is 0.237 e. The van der Waals surface area contributed by atoms with Crippen molar-refractivity contribution >= 4 is 16.7 Å². The van der Waals surface area contributed by atoms with Gasteiger partial charge in [0.2, 0.25) is 5.91 Å².